The van der Waals surface area contributed by atoms with Crippen molar-refractivity contribution in [3.05, 3.63) is 16.7 Å². The highest BCUT2D eigenvalue weighted by Gasteiger charge is 1.89. The smallest absolute Gasteiger partial charge is 0.0239 e. The first-order valence-corrected chi connectivity index (χ1v) is 2.93. The lowest BCUT2D eigenvalue weighted by molar-refractivity contribution is 1.73. The molecule has 0 N–H and O–H groups in total. The van der Waals surface area contributed by atoms with E-state index < -0.39 is 0 Å². The van der Waals surface area contributed by atoms with Gasteiger partial charge in [0.15, 0.2) is 0 Å². The predicted molar refractivity (Wildman–Crippen MR) is 29.7 cm³/mol. The third-order valence-electron chi connectivity index (χ3n) is 0.688. The van der Waals surface area contributed by atoms with Gasteiger partial charge in [-0.3, -0.25) is 0 Å². The number of rotatable bonds is 0. The van der Waals surface area contributed by atoms with Crippen molar-refractivity contribution in [1.82, 2.24) is 0 Å². The molecule has 1 aliphatic heterocycles. The Morgan fingerprint density at radius 3 is 3.00 bits per heavy atom. The molecule has 0 aromatic carbocycles. The minimum Gasteiger partial charge on any atom is -0.118 e. The molecule has 0 radical (unpaired) electrons. The summed E-state index contributed by atoms with van der Waals surface area (Å²) in [5, 5.41) is 0. The average Bonchev–Trinajstić information content (AvgIpc) is 1.86. The van der Waals surface area contributed by atoms with E-state index in [-0.39, 0.29) is 0 Å². The topological polar surface area (TPSA) is 0 Å². The summed E-state index contributed by atoms with van der Waals surface area (Å²) in [5.41, 5.74) is 3.07. The maximum Gasteiger partial charge on any atom is 0.0239 e. The molecule has 0 bridgehead atoms. The van der Waals surface area contributed by atoms with E-state index in [1.807, 2.05) is 11.8 Å². The van der Waals surface area contributed by atoms with Crippen molar-refractivity contribution in [2.75, 3.05) is 5.75 Å². The zero-order valence-electron chi connectivity index (χ0n) is 3.69. The third-order valence-corrected chi connectivity index (χ3v) is 1.57. The van der Waals surface area contributed by atoms with Gasteiger partial charge in [0.25, 0.3) is 0 Å². The summed E-state index contributed by atoms with van der Waals surface area (Å²) in [4.78, 5) is 1.31. The molecule has 0 amide bonds. The highest BCUT2D eigenvalue weighted by molar-refractivity contribution is 8.03. The van der Waals surface area contributed by atoms with Crippen molar-refractivity contribution in [2.24, 2.45) is 0 Å². The second-order valence-corrected chi connectivity index (χ2v) is 2.45. The summed E-state index contributed by atoms with van der Waals surface area (Å²) in [7, 11) is 0. The van der Waals surface area contributed by atoms with E-state index in [1.165, 1.54) is 4.91 Å². The molecule has 0 nitrogen and oxygen atoms in total. The molecule has 0 unspecified atom stereocenters. The molecule has 0 fully saturated rings. The summed E-state index contributed by atoms with van der Waals surface area (Å²) < 4.78 is 0. The predicted octanol–water partition coefficient (Wildman–Crippen LogP) is 1.79. The van der Waals surface area contributed by atoms with Crippen LogP contribution in [0.15, 0.2) is 16.7 Å². The van der Waals surface area contributed by atoms with E-state index in [0.29, 0.717) is 0 Å². The second-order valence-electron chi connectivity index (χ2n) is 1.22. The van der Waals surface area contributed by atoms with E-state index in [9.17, 15) is 0 Å². The van der Waals surface area contributed by atoms with Crippen molar-refractivity contribution >= 4 is 11.8 Å². The van der Waals surface area contributed by atoms with Gasteiger partial charge in [0.05, 0.1) is 0 Å². The van der Waals surface area contributed by atoms with Crippen LogP contribution in [0, 0.1) is 0 Å². The molecule has 0 aromatic heterocycles. The molecule has 0 atom stereocenters. The lowest BCUT2D eigenvalue weighted by Gasteiger charge is -1.79. The first kappa shape index (κ1) is 4.04. The molecule has 0 spiro atoms. The Labute approximate surface area is 41.9 Å². The van der Waals surface area contributed by atoms with Crippen LogP contribution >= 0.6 is 11.8 Å². The standard InChI is InChI=1S/C5H6S/c1-5-3-2-4-6-5/h2H,4H2,1H3. The van der Waals surface area contributed by atoms with Gasteiger partial charge in [0, 0.05) is 10.7 Å². The Morgan fingerprint density at radius 2 is 2.83 bits per heavy atom. The van der Waals surface area contributed by atoms with Crippen molar-refractivity contribution in [3.63, 3.8) is 0 Å². The van der Waals surface area contributed by atoms with Gasteiger partial charge < -0.3 is 0 Å². The molecule has 6 heavy (non-hydrogen) atoms. The number of thioether (sulfide) groups is 1. The highest BCUT2D eigenvalue weighted by Crippen LogP contribution is 2.16. The van der Waals surface area contributed by atoms with Crippen molar-refractivity contribution in [2.45, 2.75) is 6.92 Å². The fraction of sp³-hybridized carbons (Fsp3) is 0.400. The van der Waals surface area contributed by atoms with Crippen LogP contribution in [0.1, 0.15) is 6.92 Å². The summed E-state index contributed by atoms with van der Waals surface area (Å²) in [6.07, 6.45) is 2.06. The maximum atomic E-state index is 3.07. The second kappa shape index (κ2) is 1.55. The summed E-state index contributed by atoms with van der Waals surface area (Å²) in [5.74, 6) is 1.13. The van der Waals surface area contributed by atoms with Crippen molar-refractivity contribution in [3.8, 4) is 0 Å². The largest absolute Gasteiger partial charge is 0.118 e. The van der Waals surface area contributed by atoms with Crippen LogP contribution in [0.25, 0.3) is 0 Å². The Kier molecular flexibility index (Phi) is 1.04. The molecule has 32 valence electrons. The Bertz CT molecular complexity index is 107. The Balaban J connectivity index is 2.71. The van der Waals surface area contributed by atoms with Gasteiger partial charge in [-0.05, 0) is 13.0 Å². The zero-order chi connectivity index (χ0) is 4.41. The van der Waals surface area contributed by atoms with Gasteiger partial charge in [0.2, 0.25) is 0 Å². The molecule has 0 aliphatic carbocycles. The quantitative estimate of drug-likeness (QED) is 0.416. The van der Waals surface area contributed by atoms with E-state index in [2.05, 4.69) is 18.7 Å². The lowest BCUT2D eigenvalue weighted by Crippen LogP contribution is -1.56. The molecule has 1 heterocycles. The van der Waals surface area contributed by atoms with Crippen LogP contribution in [-0.2, 0) is 0 Å². The van der Waals surface area contributed by atoms with Gasteiger partial charge in [-0.1, -0.05) is 0 Å². The van der Waals surface area contributed by atoms with Gasteiger partial charge >= 0.3 is 0 Å². The first-order chi connectivity index (χ1) is 2.89. The average molecular weight is 98.2 g/mol. The zero-order valence-corrected chi connectivity index (χ0v) is 4.51. The van der Waals surface area contributed by atoms with E-state index in [4.69, 9.17) is 0 Å². The van der Waals surface area contributed by atoms with Gasteiger partial charge in [-0.2, -0.15) is 0 Å². The summed E-state index contributed by atoms with van der Waals surface area (Å²) in [6.45, 7) is 2.08. The third kappa shape index (κ3) is 0.675. The highest BCUT2D eigenvalue weighted by atomic mass is 32.2. The first-order valence-electron chi connectivity index (χ1n) is 1.94. The van der Waals surface area contributed by atoms with Crippen LogP contribution in [0.5, 0.6) is 0 Å². The van der Waals surface area contributed by atoms with Crippen molar-refractivity contribution in [1.29, 1.82) is 0 Å². The van der Waals surface area contributed by atoms with Crippen LogP contribution in [0.4, 0.5) is 0 Å². The molecular weight excluding hydrogens is 92.1 g/mol. The molecule has 0 saturated heterocycles. The normalized spacial score (nSPS) is 18.5. The van der Waals surface area contributed by atoms with Gasteiger partial charge in [0.1, 0.15) is 0 Å². The van der Waals surface area contributed by atoms with Gasteiger partial charge in [-0.15, -0.1) is 17.5 Å². The van der Waals surface area contributed by atoms with Crippen LogP contribution < -0.4 is 0 Å². The SMILES string of the molecule is CC1=C=CCS1. The lowest BCUT2D eigenvalue weighted by atomic mass is 10.6. The van der Waals surface area contributed by atoms with E-state index in [1.54, 1.807) is 0 Å². The van der Waals surface area contributed by atoms with Crippen LogP contribution in [-0.4, -0.2) is 5.75 Å². The molecule has 1 rings (SSSR count). The minimum absolute atomic E-state index is 1.13. The summed E-state index contributed by atoms with van der Waals surface area (Å²) in [6, 6.07) is 0. The van der Waals surface area contributed by atoms with Crippen LogP contribution in [0.3, 0.4) is 0 Å². The monoisotopic (exact) mass is 98.0 g/mol. The Hall–Kier alpha value is -0.130. The molecule has 1 heteroatoms. The molecule has 1 aliphatic rings. The number of hydrogen-bond donors (Lipinski definition) is 0. The van der Waals surface area contributed by atoms with Crippen molar-refractivity contribution < 1.29 is 0 Å². The molecule has 0 aromatic rings. The van der Waals surface area contributed by atoms with E-state index in [0.717, 1.165) is 5.75 Å². The molecular formula is C5H6S. The summed E-state index contributed by atoms with van der Waals surface area (Å²) >= 11 is 1.85. The molecule has 0 saturated carbocycles. The van der Waals surface area contributed by atoms with Gasteiger partial charge in [-0.25, -0.2) is 0 Å². The Morgan fingerprint density at radius 1 is 2.00 bits per heavy atom. The minimum atomic E-state index is 1.13. The fourth-order valence-corrected chi connectivity index (χ4v) is 0.977. The fourth-order valence-electron chi connectivity index (χ4n) is 0.394. The van der Waals surface area contributed by atoms with E-state index >= 15 is 0 Å². The number of hydrogen-bond acceptors (Lipinski definition) is 1. The maximum absolute atomic E-state index is 3.07. The van der Waals surface area contributed by atoms with Crippen LogP contribution in [0.2, 0.25) is 0 Å².